The van der Waals surface area contributed by atoms with Crippen LogP contribution in [0.1, 0.15) is 36.0 Å². The van der Waals surface area contributed by atoms with Crippen LogP contribution in [0.15, 0.2) is 24.3 Å². The Morgan fingerprint density at radius 3 is 2.47 bits per heavy atom. The van der Waals surface area contributed by atoms with E-state index in [1.165, 1.54) is 12.1 Å². The van der Waals surface area contributed by atoms with Gasteiger partial charge in [-0.25, -0.2) is 4.39 Å². The summed E-state index contributed by atoms with van der Waals surface area (Å²) in [4.78, 5) is 12.0. The van der Waals surface area contributed by atoms with E-state index < -0.39 is 11.4 Å². The van der Waals surface area contributed by atoms with Crippen LogP contribution in [0.4, 0.5) is 4.39 Å². The number of hydrogen-bond donors (Lipinski definition) is 1. The molecule has 2 nitrogen and oxygen atoms in total. The first kappa shape index (κ1) is 10.3. The molecule has 0 aliphatic heterocycles. The molecule has 2 rings (SSSR count). The number of benzene rings is 1. The number of carbonyl (C=O) groups excluding carboxylic acids is 1. The normalized spacial score (nSPS) is 19.1. The molecule has 1 fully saturated rings. The lowest BCUT2D eigenvalue weighted by Gasteiger charge is -2.21. The first-order valence-electron chi connectivity index (χ1n) is 5.22. The van der Waals surface area contributed by atoms with E-state index >= 15 is 0 Å². The van der Waals surface area contributed by atoms with Gasteiger partial charge in [0.2, 0.25) is 0 Å². The van der Waals surface area contributed by atoms with E-state index in [4.69, 9.17) is 5.73 Å². The van der Waals surface area contributed by atoms with E-state index in [0.29, 0.717) is 12.8 Å². The zero-order valence-electron chi connectivity index (χ0n) is 8.50. The van der Waals surface area contributed by atoms with Gasteiger partial charge < -0.3 is 5.73 Å². The first-order valence-corrected chi connectivity index (χ1v) is 5.22. The van der Waals surface area contributed by atoms with Crippen molar-refractivity contribution in [2.75, 3.05) is 0 Å². The van der Waals surface area contributed by atoms with Crippen molar-refractivity contribution in [2.24, 2.45) is 5.73 Å². The Morgan fingerprint density at radius 2 is 1.87 bits per heavy atom. The summed E-state index contributed by atoms with van der Waals surface area (Å²) >= 11 is 0. The minimum Gasteiger partial charge on any atom is -0.319 e. The van der Waals surface area contributed by atoms with E-state index in [9.17, 15) is 9.18 Å². The number of halogens is 1. The number of hydrogen-bond acceptors (Lipinski definition) is 2. The summed E-state index contributed by atoms with van der Waals surface area (Å²) in [5.74, 6) is -0.725. The molecule has 0 bridgehead atoms. The molecule has 15 heavy (non-hydrogen) atoms. The van der Waals surface area contributed by atoms with E-state index in [-0.39, 0.29) is 11.3 Å². The van der Waals surface area contributed by atoms with Gasteiger partial charge in [-0.1, -0.05) is 25.0 Å². The van der Waals surface area contributed by atoms with Gasteiger partial charge in [0, 0.05) is 0 Å². The van der Waals surface area contributed by atoms with Crippen LogP contribution in [0.2, 0.25) is 0 Å². The highest BCUT2D eigenvalue weighted by Gasteiger charge is 2.38. The van der Waals surface area contributed by atoms with Gasteiger partial charge in [0.1, 0.15) is 5.82 Å². The lowest BCUT2D eigenvalue weighted by molar-refractivity contribution is 0.0888. The second kappa shape index (κ2) is 3.74. The Morgan fingerprint density at radius 1 is 1.27 bits per heavy atom. The van der Waals surface area contributed by atoms with Crippen molar-refractivity contribution in [3.8, 4) is 0 Å². The molecule has 0 amide bonds. The topological polar surface area (TPSA) is 43.1 Å². The number of ketones is 1. The van der Waals surface area contributed by atoms with Crippen molar-refractivity contribution >= 4 is 5.78 Å². The number of Topliss-reactive ketones (excluding diaryl/α,β-unsaturated/α-hetero) is 1. The van der Waals surface area contributed by atoms with E-state index in [0.717, 1.165) is 12.8 Å². The summed E-state index contributed by atoms with van der Waals surface area (Å²) in [7, 11) is 0. The van der Waals surface area contributed by atoms with Gasteiger partial charge in [0.05, 0.1) is 11.1 Å². The summed E-state index contributed by atoms with van der Waals surface area (Å²) in [5, 5.41) is 0. The smallest absolute Gasteiger partial charge is 0.185 e. The molecule has 0 saturated heterocycles. The van der Waals surface area contributed by atoms with Crippen molar-refractivity contribution in [3.05, 3.63) is 35.6 Å². The largest absolute Gasteiger partial charge is 0.319 e. The van der Waals surface area contributed by atoms with Gasteiger partial charge in [-0.2, -0.15) is 0 Å². The van der Waals surface area contributed by atoms with Gasteiger partial charge in [0.25, 0.3) is 0 Å². The Kier molecular flexibility index (Phi) is 2.57. The summed E-state index contributed by atoms with van der Waals surface area (Å²) in [6.07, 6.45) is 3.24. The van der Waals surface area contributed by atoms with Crippen LogP contribution in [-0.2, 0) is 0 Å². The highest BCUT2D eigenvalue weighted by atomic mass is 19.1. The molecule has 0 aromatic heterocycles. The molecule has 2 N–H and O–H groups in total. The molecule has 1 saturated carbocycles. The molecule has 0 radical (unpaired) electrons. The van der Waals surface area contributed by atoms with Gasteiger partial charge in [-0.15, -0.1) is 0 Å². The highest BCUT2D eigenvalue weighted by molar-refractivity contribution is 6.03. The summed E-state index contributed by atoms with van der Waals surface area (Å²) in [6.45, 7) is 0. The van der Waals surface area contributed by atoms with Crippen molar-refractivity contribution < 1.29 is 9.18 Å². The Hall–Kier alpha value is -1.22. The van der Waals surface area contributed by atoms with Crippen LogP contribution >= 0.6 is 0 Å². The van der Waals surface area contributed by atoms with Gasteiger partial charge in [-0.05, 0) is 25.0 Å². The highest BCUT2D eigenvalue weighted by Crippen LogP contribution is 2.30. The predicted octanol–water partition coefficient (Wildman–Crippen LogP) is 2.28. The van der Waals surface area contributed by atoms with Crippen LogP contribution in [0.5, 0.6) is 0 Å². The van der Waals surface area contributed by atoms with Crippen LogP contribution in [0, 0.1) is 5.82 Å². The molecule has 80 valence electrons. The molecule has 3 heteroatoms. The van der Waals surface area contributed by atoms with Crippen molar-refractivity contribution in [1.29, 1.82) is 0 Å². The minimum atomic E-state index is -0.831. The maximum atomic E-state index is 13.4. The number of rotatable bonds is 2. The summed E-state index contributed by atoms with van der Waals surface area (Å²) in [6, 6.07) is 6.04. The molecule has 0 spiro atoms. The van der Waals surface area contributed by atoms with Crippen LogP contribution < -0.4 is 5.73 Å². The van der Waals surface area contributed by atoms with Gasteiger partial charge in [-0.3, -0.25) is 4.79 Å². The van der Waals surface area contributed by atoms with Crippen molar-refractivity contribution in [2.45, 2.75) is 31.2 Å². The molecular formula is C12H14FNO. The molecule has 1 aromatic carbocycles. The quantitative estimate of drug-likeness (QED) is 0.756. The van der Waals surface area contributed by atoms with Crippen molar-refractivity contribution in [3.63, 3.8) is 0 Å². The van der Waals surface area contributed by atoms with Crippen LogP contribution in [0.25, 0.3) is 0 Å². The fourth-order valence-electron chi connectivity index (χ4n) is 2.15. The second-order valence-electron chi connectivity index (χ2n) is 4.17. The second-order valence-corrected chi connectivity index (χ2v) is 4.17. The first-order chi connectivity index (χ1) is 7.13. The van der Waals surface area contributed by atoms with E-state index in [1.807, 2.05) is 0 Å². The van der Waals surface area contributed by atoms with E-state index in [2.05, 4.69) is 0 Å². The molecule has 1 aliphatic carbocycles. The Labute approximate surface area is 88.3 Å². The molecular weight excluding hydrogens is 193 g/mol. The number of carbonyl (C=O) groups is 1. The standard InChI is InChI=1S/C12H14FNO/c13-10-6-2-1-5-9(10)11(15)12(14)7-3-4-8-12/h1-2,5-6H,3-4,7-8,14H2. The molecule has 0 unspecified atom stereocenters. The lowest BCUT2D eigenvalue weighted by atomic mass is 9.88. The number of nitrogens with two attached hydrogens (primary N) is 1. The summed E-state index contributed by atoms with van der Waals surface area (Å²) in [5.41, 5.74) is 5.28. The lowest BCUT2D eigenvalue weighted by Crippen LogP contribution is -2.45. The van der Waals surface area contributed by atoms with E-state index in [1.54, 1.807) is 12.1 Å². The maximum Gasteiger partial charge on any atom is 0.185 e. The summed E-state index contributed by atoms with van der Waals surface area (Å²) < 4.78 is 13.4. The third kappa shape index (κ3) is 1.79. The average molecular weight is 207 g/mol. The molecule has 1 aromatic rings. The fourth-order valence-corrected chi connectivity index (χ4v) is 2.15. The Balaban J connectivity index is 2.32. The van der Waals surface area contributed by atoms with Crippen molar-refractivity contribution in [1.82, 2.24) is 0 Å². The fraction of sp³-hybridized carbons (Fsp3) is 0.417. The van der Waals surface area contributed by atoms with Crippen LogP contribution in [-0.4, -0.2) is 11.3 Å². The maximum absolute atomic E-state index is 13.4. The monoisotopic (exact) mass is 207 g/mol. The molecule has 1 aliphatic rings. The Bertz CT molecular complexity index is 383. The zero-order valence-corrected chi connectivity index (χ0v) is 8.50. The molecule has 0 heterocycles. The van der Waals surface area contributed by atoms with Gasteiger partial charge in [0.15, 0.2) is 5.78 Å². The van der Waals surface area contributed by atoms with Gasteiger partial charge >= 0.3 is 0 Å². The van der Waals surface area contributed by atoms with Crippen LogP contribution in [0.3, 0.4) is 0 Å². The third-order valence-electron chi connectivity index (χ3n) is 3.07. The SMILES string of the molecule is NC1(C(=O)c2ccccc2F)CCCC1. The zero-order chi connectivity index (χ0) is 10.9. The molecule has 0 atom stereocenters. The predicted molar refractivity (Wildman–Crippen MR) is 56.1 cm³/mol. The average Bonchev–Trinajstić information content (AvgIpc) is 2.66. The third-order valence-corrected chi connectivity index (χ3v) is 3.07. The minimum absolute atomic E-state index is 0.127.